The van der Waals surface area contributed by atoms with Crippen LogP contribution in [0.2, 0.25) is 0 Å². The molecule has 0 unspecified atom stereocenters. The maximum atomic E-state index is 2.47. The minimum absolute atomic E-state index is 0.0365. The second-order valence-corrected chi connectivity index (χ2v) is 16.4. The van der Waals surface area contributed by atoms with Crippen molar-refractivity contribution in [1.29, 1.82) is 0 Å². The van der Waals surface area contributed by atoms with Crippen LogP contribution in [0.5, 0.6) is 0 Å². The van der Waals surface area contributed by atoms with Gasteiger partial charge in [0, 0.05) is 22.4 Å². The first-order valence-electron chi connectivity index (χ1n) is 20.6. The van der Waals surface area contributed by atoms with E-state index < -0.39 is 0 Å². The van der Waals surface area contributed by atoms with Crippen molar-refractivity contribution in [2.45, 2.75) is 32.1 Å². The lowest BCUT2D eigenvalue weighted by Crippen LogP contribution is -2.17. The summed E-state index contributed by atoms with van der Waals surface area (Å²) in [6.07, 6.45) is 6.88. The molecule has 0 N–H and O–H groups in total. The molecule has 0 spiro atoms. The molecule has 1 heteroatoms. The summed E-state index contributed by atoms with van der Waals surface area (Å²) in [5.74, 6) is 0. The van der Waals surface area contributed by atoms with Crippen molar-refractivity contribution in [3.05, 3.63) is 217 Å². The van der Waals surface area contributed by atoms with Crippen LogP contribution < -0.4 is 4.90 Å². The molecule has 58 heavy (non-hydrogen) atoms. The van der Waals surface area contributed by atoms with Crippen LogP contribution in [0.25, 0.3) is 71.3 Å². The van der Waals surface area contributed by atoms with Gasteiger partial charge in [-0.1, -0.05) is 172 Å². The van der Waals surface area contributed by atoms with E-state index in [9.17, 15) is 0 Å². The third kappa shape index (κ3) is 5.53. The predicted molar refractivity (Wildman–Crippen MR) is 248 cm³/mol. The Morgan fingerprint density at radius 1 is 0.448 bits per heavy atom. The van der Waals surface area contributed by atoms with Gasteiger partial charge >= 0.3 is 0 Å². The number of allylic oxidation sites excluding steroid dienone is 4. The third-order valence-corrected chi connectivity index (χ3v) is 12.7. The fraction of sp³-hybridized carbons (Fsp3) is 0.0877. The fourth-order valence-electron chi connectivity index (χ4n) is 9.87. The molecular formula is C57H43N. The molecule has 2 aliphatic carbocycles. The number of nitrogens with zero attached hydrogens (tertiary/aromatic N) is 1. The number of para-hydroxylation sites is 1. The van der Waals surface area contributed by atoms with E-state index in [4.69, 9.17) is 0 Å². The summed E-state index contributed by atoms with van der Waals surface area (Å²) < 4.78 is 0. The molecule has 0 atom stereocenters. The van der Waals surface area contributed by atoms with Gasteiger partial charge < -0.3 is 4.90 Å². The Balaban J connectivity index is 1.08. The van der Waals surface area contributed by atoms with Crippen LogP contribution in [0, 0.1) is 0 Å². The lowest BCUT2D eigenvalue weighted by molar-refractivity contribution is 0.651. The quantitative estimate of drug-likeness (QED) is 0.153. The lowest BCUT2D eigenvalue weighted by atomic mass is 9.80. The second kappa shape index (κ2) is 13.6. The number of fused-ring (bicyclic) bond motifs is 6. The van der Waals surface area contributed by atoms with Crippen LogP contribution in [-0.4, -0.2) is 0 Å². The average Bonchev–Trinajstić information content (AvgIpc) is 3.52. The van der Waals surface area contributed by atoms with Crippen LogP contribution >= 0.6 is 0 Å². The van der Waals surface area contributed by atoms with Gasteiger partial charge in [-0.3, -0.25) is 0 Å². The van der Waals surface area contributed by atoms with Gasteiger partial charge in [-0.2, -0.15) is 0 Å². The van der Waals surface area contributed by atoms with Crippen LogP contribution in [0.3, 0.4) is 0 Å². The molecule has 0 aromatic heterocycles. The van der Waals surface area contributed by atoms with Crippen molar-refractivity contribution in [3.8, 4) is 33.4 Å². The maximum absolute atomic E-state index is 2.47. The summed E-state index contributed by atoms with van der Waals surface area (Å²) in [7, 11) is 0. The molecule has 0 aliphatic heterocycles. The summed E-state index contributed by atoms with van der Waals surface area (Å²) in [6, 6.07) is 69.6. The highest BCUT2D eigenvalue weighted by molar-refractivity contribution is 6.09. The molecule has 0 fully saturated rings. The molecule has 11 rings (SSSR count). The molecule has 0 saturated carbocycles. The summed E-state index contributed by atoms with van der Waals surface area (Å²) in [5, 5.41) is 7.60. The number of hydrogen-bond donors (Lipinski definition) is 0. The molecule has 0 saturated heterocycles. The highest BCUT2D eigenvalue weighted by atomic mass is 15.1. The van der Waals surface area contributed by atoms with E-state index in [1.807, 2.05) is 0 Å². The number of hydrogen-bond acceptors (Lipinski definition) is 1. The molecule has 2 aliphatic rings. The van der Waals surface area contributed by atoms with Crippen LogP contribution in [0.15, 0.2) is 206 Å². The zero-order valence-electron chi connectivity index (χ0n) is 32.9. The zero-order valence-corrected chi connectivity index (χ0v) is 32.9. The first-order chi connectivity index (χ1) is 28.5. The van der Waals surface area contributed by atoms with E-state index in [-0.39, 0.29) is 5.41 Å². The third-order valence-electron chi connectivity index (χ3n) is 12.7. The Kier molecular flexibility index (Phi) is 8.05. The van der Waals surface area contributed by atoms with Crippen molar-refractivity contribution in [2.24, 2.45) is 0 Å². The molecule has 0 radical (unpaired) electrons. The van der Waals surface area contributed by atoms with Gasteiger partial charge in [-0.25, -0.2) is 0 Å². The molecule has 1 nitrogen and oxygen atoms in total. The Hall–Kier alpha value is -6.96. The molecule has 9 aromatic rings. The number of rotatable bonds is 6. The first-order valence-corrected chi connectivity index (χ1v) is 20.6. The largest absolute Gasteiger partial charge is 0.310 e. The van der Waals surface area contributed by atoms with E-state index in [0.29, 0.717) is 0 Å². The summed E-state index contributed by atoms with van der Waals surface area (Å²) in [5.41, 5.74) is 16.6. The lowest BCUT2D eigenvalue weighted by Gasteiger charge is -2.29. The van der Waals surface area contributed by atoms with E-state index >= 15 is 0 Å². The number of anilines is 3. The summed E-state index contributed by atoms with van der Waals surface area (Å²) in [6.45, 7) is 4.77. The minimum Gasteiger partial charge on any atom is -0.310 e. The molecular weight excluding hydrogens is 699 g/mol. The van der Waals surface area contributed by atoms with Crippen molar-refractivity contribution < 1.29 is 0 Å². The Labute approximate surface area is 340 Å². The van der Waals surface area contributed by atoms with Crippen LogP contribution in [0.1, 0.15) is 37.8 Å². The highest BCUT2D eigenvalue weighted by Crippen LogP contribution is 2.54. The van der Waals surface area contributed by atoms with Crippen molar-refractivity contribution in [3.63, 3.8) is 0 Å². The van der Waals surface area contributed by atoms with Gasteiger partial charge in [-0.05, 0) is 138 Å². The summed E-state index contributed by atoms with van der Waals surface area (Å²) >= 11 is 0. The van der Waals surface area contributed by atoms with E-state index in [1.165, 1.54) is 93.7 Å². The summed E-state index contributed by atoms with van der Waals surface area (Å²) in [4.78, 5) is 2.47. The monoisotopic (exact) mass is 741 g/mol. The average molecular weight is 742 g/mol. The fourth-order valence-corrected chi connectivity index (χ4v) is 9.87. The van der Waals surface area contributed by atoms with Gasteiger partial charge in [0.1, 0.15) is 0 Å². The SMILES string of the molecule is CC1(C)C2=C(CCC=C2)c2c(N(c3ccccc3)c3ccc(-c4cc(-c5cccc6ccccc56)ccc4-c4ccc5c(ccc6ccccc65)c4)cc3)cccc21. The molecule has 0 amide bonds. The molecule has 276 valence electrons. The predicted octanol–water partition coefficient (Wildman–Crippen LogP) is 16.0. The number of benzene rings is 9. The van der Waals surface area contributed by atoms with E-state index in [2.05, 4.69) is 219 Å². The Morgan fingerprint density at radius 2 is 1.09 bits per heavy atom. The van der Waals surface area contributed by atoms with Crippen LogP contribution in [0.4, 0.5) is 17.1 Å². The molecule has 9 aromatic carbocycles. The van der Waals surface area contributed by atoms with Gasteiger partial charge in [0.25, 0.3) is 0 Å². The van der Waals surface area contributed by atoms with Gasteiger partial charge in [0.2, 0.25) is 0 Å². The Morgan fingerprint density at radius 3 is 1.93 bits per heavy atom. The molecule has 0 heterocycles. The maximum Gasteiger partial charge on any atom is 0.0539 e. The van der Waals surface area contributed by atoms with Crippen LogP contribution in [-0.2, 0) is 5.41 Å². The van der Waals surface area contributed by atoms with Gasteiger partial charge in [-0.15, -0.1) is 0 Å². The normalized spacial score (nSPS) is 14.2. The van der Waals surface area contributed by atoms with E-state index in [0.717, 1.165) is 24.2 Å². The molecule has 0 bridgehead atoms. The zero-order chi connectivity index (χ0) is 38.8. The van der Waals surface area contributed by atoms with Crippen molar-refractivity contribution >= 4 is 55.0 Å². The highest BCUT2D eigenvalue weighted by Gasteiger charge is 2.39. The topological polar surface area (TPSA) is 3.24 Å². The van der Waals surface area contributed by atoms with E-state index in [1.54, 1.807) is 0 Å². The van der Waals surface area contributed by atoms with Gasteiger partial charge in [0.15, 0.2) is 0 Å². The Bertz CT molecular complexity index is 3120. The second-order valence-electron chi connectivity index (χ2n) is 16.4. The first kappa shape index (κ1) is 34.3. The van der Waals surface area contributed by atoms with Gasteiger partial charge in [0.05, 0.1) is 5.69 Å². The van der Waals surface area contributed by atoms with Crippen molar-refractivity contribution in [1.82, 2.24) is 0 Å². The van der Waals surface area contributed by atoms with Crippen molar-refractivity contribution in [2.75, 3.05) is 4.90 Å². The standard InChI is InChI=1S/C57H43N/c1-57(2)53-23-11-10-21-51(53)56-54(57)24-13-25-55(56)58(44-17-4-3-5-18-44)45-32-28-40(29-33-45)52-37-43(48-22-12-16-38-14-6-8-19-46(38)48)31-35-50(52)42-30-34-49-41(36-42)27-26-39-15-7-9-20-47(39)49/h3-9,11-20,22-37H,10,21H2,1-2H3. The smallest absolute Gasteiger partial charge is 0.0539 e. The minimum atomic E-state index is -0.0365.